The predicted molar refractivity (Wildman–Crippen MR) is 97.8 cm³/mol. The van der Waals surface area contributed by atoms with Crippen molar-refractivity contribution in [2.75, 3.05) is 6.61 Å². The molecule has 0 radical (unpaired) electrons. The quantitative estimate of drug-likeness (QED) is 0.707. The van der Waals surface area contributed by atoms with Crippen LogP contribution in [0.2, 0.25) is 0 Å². The highest BCUT2D eigenvalue weighted by Gasteiger charge is 2.29. The van der Waals surface area contributed by atoms with E-state index in [1.165, 1.54) is 12.1 Å². The molecule has 0 aliphatic carbocycles. The van der Waals surface area contributed by atoms with Crippen molar-refractivity contribution >= 4 is 20.9 Å². The van der Waals surface area contributed by atoms with E-state index in [1.807, 2.05) is 43.3 Å². The van der Waals surface area contributed by atoms with Gasteiger partial charge in [-0.2, -0.15) is 8.42 Å². The summed E-state index contributed by atoms with van der Waals surface area (Å²) < 4.78 is 29.8. The molecule has 0 aliphatic rings. The van der Waals surface area contributed by atoms with E-state index in [4.69, 9.17) is 4.18 Å². The van der Waals surface area contributed by atoms with Crippen molar-refractivity contribution in [3.63, 3.8) is 0 Å². The lowest BCUT2D eigenvalue weighted by Gasteiger charge is -2.25. The number of rotatable bonds is 5. The number of aliphatic hydroxyl groups is 1. The molecule has 3 rings (SSSR count). The Morgan fingerprint density at radius 2 is 1.60 bits per heavy atom. The Bertz CT molecular complexity index is 984. The lowest BCUT2D eigenvalue weighted by atomic mass is 9.92. The maximum Gasteiger partial charge on any atom is 0.297 e. The fourth-order valence-corrected chi connectivity index (χ4v) is 3.73. The lowest BCUT2D eigenvalue weighted by molar-refractivity contribution is 0.0110. The van der Waals surface area contributed by atoms with Crippen LogP contribution in [0, 0.1) is 6.92 Å². The summed E-state index contributed by atoms with van der Waals surface area (Å²) in [6, 6.07) is 19.6. The van der Waals surface area contributed by atoms with Gasteiger partial charge < -0.3 is 5.11 Å². The summed E-state index contributed by atoms with van der Waals surface area (Å²) in [4.78, 5) is 0.0758. The minimum absolute atomic E-state index is 0.0758. The zero-order chi connectivity index (χ0) is 18.1. The molecule has 0 heterocycles. The van der Waals surface area contributed by atoms with Crippen molar-refractivity contribution in [3.05, 3.63) is 77.9 Å². The van der Waals surface area contributed by atoms with Crippen LogP contribution in [0.4, 0.5) is 0 Å². The van der Waals surface area contributed by atoms with Gasteiger partial charge in [-0.3, -0.25) is 4.18 Å². The largest absolute Gasteiger partial charge is 0.383 e. The molecule has 0 bridgehead atoms. The van der Waals surface area contributed by atoms with Crippen molar-refractivity contribution in [3.8, 4) is 0 Å². The molecule has 4 nitrogen and oxygen atoms in total. The van der Waals surface area contributed by atoms with Gasteiger partial charge in [0.05, 0.1) is 11.5 Å². The van der Waals surface area contributed by atoms with Crippen LogP contribution < -0.4 is 0 Å². The highest BCUT2D eigenvalue weighted by Crippen LogP contribution is 2.30. The smallest absolute Gasteiger partial charge is 0.297 e. The van der Waals surface area contributed by atoms with E-state index in [0.29, 0.717) is 5.56 Å². The third-order valence-electron chi connectivity index (χ3n) is 4.17. The molecule has 0 fully saturated rings. The van der Waals surface area contributed by atoms with E-state index in [1.54, 1.807) is 25.1 Å². The topological polar surface area (TPSA) is 63.6 Å². The van der Waals surface area contributed by atoms with Gasteiger partial charge in [0.25, 0.3) is 10.1 Å². The first-order valence-corrected chi connectivity index (χ1v) is 9.37. The molecule has 0 aliphatic heterocycles. The molecule has 0 saturated heterocycles. The Kier molecular flexibility index (Phi) is 4.64. The first-order valence-electron chi connectivity index (χ1n) is 7.96. The fraction of sp³-hybridized carbons (Fsp3) is 0.200. The summed E-state index contributed by atoms with van der Waals surface area (Å²) in [7, 11) is -3.93. The first-order chi connectivity index (χ1) is 11.8. The number of benzene rings is 3. The maximum atomic E-state index is 12.4. The predicted octanol–water partition coefficient (Wildman–Crippen LogP) is 3.76. The summed E-state index contributed by atoms with van der Waals surface area (Å²) in [6.07, 6.45) is 0. The summed E-state index contributed by atoms with van der Waals surface area (Å²) >= 11 is 0. The van der Waals surface area contributed by atoms with E-state index in [-0.39, 0.29) is 11.5 Å². The van der Waals surface area contributed by atoms with Gasteiger partial charge in [-0.25, -0.2) is 0 Å². The van der Waals surface area contributed by atoms with Crippen LogP contribution in [-0.2, 0) is 19.9 Å². The number of fused-ring (bicyclic) bond motifs is 1. The van der Waals surface area contributed by atoms with Crippen LogP contribution in [0.1, 0.15) is 18.1 Å². The minimum Gasteiger partial charge on any atom is -0.383 e. The number of hydrogen-bond acceptors (Lipinski definition) is 4. The third-order valence-corrected chi connectivity index (χ3v) is 5.45. The molecule has 3 aromatic carbocycles. The van der Waals surface area contributed by atoms with Gasteiger partial charge in [0, 0.05) is 0 Å². The monoisotopic (exact) mass is 356 g/mol. The van der Waals surface area contributed by atoms with Crippen molar-refractivity contribution in [2.24, 2.45) is 0 Å². The Labute approximate surface area is 147 Å². The SMILES string of the molecule is Cc1ccc(S(=O)(=O)OC[C@@](C)(O)c2cccc3ccccc23)cc1. The van der Waals surface area contributed by atoms with Gasteiger partial charge in [0.1, 0.15) is 5.60 Å². The Hall–Kier alpha value is -2.21. The van der Waals surface area contributed by atoms with Gasteiger partial charge in [0.2, 0.25) is 0 Å². The lowest BCUT2D eigenvalue weighted by Crippen LogP contribution is -2.29. The van der Waals surface area contributed by atoms with Crippen LogP contribution in [0.25, 0.3) is 10.8 Å². The molecule has 0 saturated carbocycles. The van der Waals surface area contributed by atoms with Gasteiger partial charge in [-0.1, -0.05) is 60.2 Å². The summed E-state index contributed by atoms with van der Waals surface area (Å²) in [5.74, 6) is 0. The third kappa shape index (κ3) is 3.74. The molecule has 0 amide bonds. The molecular weight excluding hydrogens is 336 g/mol. The zero-order valence-electron chi connectivity index (χ0n) is 14.1. The van der Waals surface area contributed by atoms with Crippen LogP contribution in [0.3, 0.4) is 0 Å². The van der Waals surface area contributed by atoms with Gasteiger partial charge in [-0.15, -0.1) is 0 Å². The summed E-state index contributed by atoms with van der Waals surface area (Å²) in [6.45, 7) is 3.07. The summed E-state index contributed by atoms with van der Waals surface area (Å²) in [5.41, 5.74) is 0.143. The summed E-state index contributed by atoms with van der Waals surface area (Å²) in [5, 5.41) is 12.7. The normalized spacial score (nSPS) is 14.4. The first kappa shape index (κ1) is 17.6. The van der Waals surface area contributed by atoms with Crippen molar-refractivity contribution < 1.29 is 17.7 Å². The Morgan fingerprint density at radius 3 is 2.32 bits per heavy atom. The standard InChI is InChI=1S/C20H20O4S/c1-15-10-12-17(13-11-15)25(22,23)24-14-20(2,21)19-9-5-7-16-6-3-4-8-18(16)19/h3-13,21H,14H2,1-2H3/t20-/m1/s1. The van der Waals surface area contributed by atoms with Gasteiger partial charge in [0.15, 0.2) is 0 Å². The van der Waals surface area contributed by atoms with Gasteiger partial charge in [-0.05, 0) is 42.3 Å². The molecule has 3 aromatic rings. The molecule has 130 valence electrons. The minimum atomic E-state index is -3.93. The molecule has 0 aromatic heterocycles. The highest BCUT2D eigenvalue weighted by molar-refractivity contribution is 7.86. The molecule has 0 unspecified atom stereocenters. The molecule has 5 heteroatoms. The molecule has 1 atom stereocenters. The van der Waals surface area contributed by atoms with Crippen LogP contribution in [-0.4, -0.2) is 20.1 Å². The second kappa shape index (κ2) is 6.59. The Morgan fingerprint density at radius 1 is 0.960 bits per heavy atom. The Balaban J connectivity index is 1.87. The van der Waals surface area contributed by atoms with Crippen LogP contribution in [0.15, 0.2) is 71.6 Å². The van der Waals surface area contributed by atoms with Crippen molar-refractivity contribution in [1.82, 2.24) is 0 Å². The molecule has 1 N–H and O–H groups in total. The number of aryl methyl sites for hydroxylation is 1. The fourth-order valence-electron chi connectivity index (χ4n) is 2.74. The van der Waals surface area contributed by atoms with E-state index in [2.05, 4.69) is 0 Å². The number of hydrogen-bond donors (Lipinski definition) is 1. The maximum absolute atomic E-state index is 12.4. The zero-order valence-corrected chi connectivity index (χ0v) is 15.0. The second-order valence-electron chi connectivity index (χ2n) is 6.33. The van der Waals surface area contributed by atoms with Crippen LogP contribution in [0.5, 0.6) is 0 Å². The molecular formula is C20H20O4S. The van der Waals surface area contributed by atoms with Crippen LogP contribution >= 0.6 is 0 Å². The molecule has 0 spiro atoms. The van der Waals surface area contributed by atoms with Crippen molar-refractivity contribution in [1.29, 1.82) is 0 Å². The average Bonchev–Trinajstić information content (AvgIpc) is 2.60. The van der Waals surface area contributed by atoms with E-state index in [0.717, 1.165) is 16.3 Å². The van der Waals surface area contributed by atoms with Crippen molar-refractivity contribution in [2.45, 2.75) is 24.3 Å². The van der Waals surface area contributed by atoms with E-state index in [9.17, 15) is 13.5 Å². The van der Waals surface area contributed by atoms with Gasteiger partial charge >= 0.3 is 0 Å². The second-order valence-corrected chi connectivity index (χ2v) is 7.95. The average molecular weight is 356 g/mol. The highest BCUT2D eigenvalue weighted by atomic mass is 32.2. The van der Waals surface area contributed by atoms with E-state index >= 15 is 0 Å². The van der Waals surface area contributed by atoms with E-state index < -0.39 is 15.7 Å². The molecule has 25 heavy (non-hydrogen) atoms.